The van der Waals surface area contributed by atoms with Crippen LogP contribution in [-0.2, 0) is 14.4 Å². The standard InChI is InChI=1S/C22H24N4O4/c1-16(27)24-17-9-10-20(30-2)19(15-17)25-21(28)11-12-22(29)26(14-6-13-23)18-7-4-3-5-8-18/h3-5,7-10,15H,6,11-12,14H2,1-2H3,(H,24,27)(H,25,28). The van der Waals surface area contributed by atoms with E-state index in [0.29, 0.717) is 22.8 Å². The summed E-state index contributed by atoms with van der Waals surface area (Å²) in [5.41, 5.74) is 1.59. The normalized spacial score (nSPS) is 9.90. The van der Waals surface area contributed by atoms with Gasteiger partial charge < -0.3 is 20.3 Å². The summed E-state index contributed by atoms with van der Waals surface area (Å²) in [7, 11) is 1.47. The zero-order valence-corrected chi connectivity index (χ0v) is 17.0. The van der Waals surface area contributed by atoms with E-state index in [0.717, 1.165) is 0 Å². The average molecular weight is 408 g/mol. The molecule has 0 spiro atoms. The van der Waals surface area contributed by atoms with Crippen molar-refractivity contribution >= 4 is 34.8 Å². The molecule has 156 valence electrons. The lowest BCUT2D eigenvalue weighted by molar-refractivity contribution is -0.122. The van der Waals surface area contributed by atoms with Crippen LogP contribution in [0.3, 0.4) is 0 Å². The Balaban J connectivity index is 2.03. The third-order valence-corrected chi connectivity index (χ3v) is 4.18. The van der Waals surface area contributed by atoms with E-state index in [2.05, 4.69) is 10.6 Å². The Kier molecular flexibility index (Phi) is 8.39. The fourth-order valence-corrected chi connectivity index (χ4v) is 2.82. The van der Waals surface area contributed by atoms with Crippen molar-refractivity contribution in [1.82, 2.24) is 0 Å². The number of nitriles is 1. The molecule has 8 nitrogen and oxygen atoms in total. The Morgan fingerprint density at radius 2 is 1.80 bits per heavy atom. The summed E-state index contributed by atoms with van der Waals surface area (Å²) in [6, 6.07) is 15.9. The molecule has 0 saturated carbocycles. The molecule has 30 heavy (non-hydrogen) atoms. The first-order valence-corrected chi connectivity index (χ1v) is 9.42. The monoisotopic (exact) mass is 408 g/mol. The lowest BCUT2D eigenvalue weighted by Crippen LogP contribution is -2.32. The molecule has 0 heterocycles. The number of hydrogen-bond donors (Lipinski definition) is 2. The Bertz CT molecular complexity index is 938. The van der Waals surface area contributed by atoms with Crippen LogP contribution in [0.25, 0.3) is 0 Å². The van der Waals surface area contributed by atoms with Crippen LogP contribution in [0.1, 0.15) is 26.2 Å². The zero-order valence-electron chi connectivity index (χ0n) is 17.0. The maximum Gasteiger partial charge on any atom is 0.227 e. The van der Waals surface area contributed by atoms with Gasteiger partial charge in [-0.25, -0.2) is 0 Å². The maximum absolute atomic E-state index is 12.7. The van der Waals surface area contributed by atoms with Crippen LogP contribution >= 0.6 is 0 Å². The molecule has 3 amide bonds. The Labute approximate surface area is 175 Å². The number of hydrogen-bond acceptors (Lipinski definition) is 5. The molecular formula is C22H24N4O4. The van der Waals surface area contributed by atoms with E-state index in [1.165, 1.54) is 18.9 Å². The second-order valence-corrected chi connectivity index (χ2v) is 6.43. The third kappa shape index (κ3) is 6.63. The van der Waals surface area contributed by atoms with Gasteiger partial charge in [-0.2, -0.15) is 5.26 Å². The van der Waals surface area contributed by atoms with Crippen molar-refractivity contribution in [2.75, 3.05) is 29.2 Å². The molecule has 8 heteroatoms. The van der Waals surface area contributed by atoms with Gasteiger partial charge in [0, 0.05) is 37.7 Å². The van der Waals surface area contributed by atoms with Crippen LogP contribution in [0.5, 0.6) is 5.75 Å². The first-order chi connectivity index (χ1) is 14.4. The Morgan fingerprint density at radius 1 is 1.07 bits per heavy atom. The fourth-order valence-electron chi connectivity index (χ4n) is 2.82. The van der Waals surface area contributed by atoms with E-state index >= 15 is 0 Å². The van der Waals surface area contributed by atoms with E-state index in [-0.39, 0.29) is 43.5 Å². The van der Waals surface area contributed by atoms with Crippen molar-refractivity contribution < 1.29 is 19.1 Å². The number of ether oxygens (including phenoxy) is 1. The van der Waals surface area contributed by atoms with E-state index in [1.807, 2.05) is 24.3 Å². The van der Waals surface area contributed by atoms with E-state index in [4.69, 9.17) is 10.00 Å². The molecule has 0 aromatic heterocycles. The number of rotatable bonds is 9. The molecule has 0 fully saturated rings. The first kappa shape index (κ1) is 22.4. The zero-order chi connectivity index (χ0) is 21.9. The second-order valence-electron chi connectivity index (χ2n) is 6.43. The van der Waals surface area contributed by atoms with Gasteiger partial charge in [-0.1, -0.05) is 18.2 Å². The number of para-hydroxylation sites is 1. The second kappa shape index (κ2) is 11.2. The molecule has 0 bridgehead atoms. The highest BCUT2D eigenvalue weighted by Crippen LogP contribution is 2.28. The highest BCUT2D eigenvalue weighted by molar-refractivity contribution is 5.99. The summed E-state index contributed by atoms with van der Waals surface area (Å²) in [6.45, 7) is 1.65. The Hall–Kier alpha value is -3.86. The summed E-state index contributed by atoms with van der Waals surface area (Å²) >= 11 is 0. The predicted molar refractivity (Wildman–Crippen MR) is 114 cm³/mol. The van der Waals surface area contributed by atoms with E-state index in [1.54, 1.807) is 30.3 Å². The largest absolute Gasteiger partial charge is 0.495 e. The van der Waals surface area contributed by atoms with Crippen molar-refractivity contribution in [2.45, 2.75) is 26.2 Å². The summed E-state index contributed by atoms with van der Waals surface area (Å²) < 4.78 is 5.24. The number of carbonyl (C=O) groups excluding carboxylic acids is 3. The summed E-state index contributed by atoms with van der Waals surface area (Å²) in [5.74, 6) is -0.411. The lowest BCUT2D eigenvalue weighted by Gasteiger charge is -2.21. The Morgan fingerprint density at radius 3 is 2.43 bits per heavy atom. The van der Waals surface area contributed by atoms with Crippen LogP contribution in [-0.4, -0.2) is 31.4 Å². The van der Waals surface area contributed by atoms with Gasteiger partial charge >= 0.3 is 0 Å². The molecule has 0 aliphatic rings. The first-order valence-electron chi connectivity index (χ1n) is 9.42. The minimum Gasteiger partial charge on any atom is -0.495 e. The van der Waals surface area contributed by atoms with Gasteiger partial charge in [-0.15, -0.1) is 0 Å². The average Bonchev–Trinajstić information content (AvgIpc) is 2.73. The summed E-state index contributed by atoms with van der Waals surface area (Å²) in [6.07, 6.45) is 0.141. The number of anilines is 3. The molecule has 0 aliphatic heterocycles. The minimum absolute atomic E-state index is 0.0140. The molecule has 2 N–H and O–H groups in total. The van der Waals surface area contributed by atoms with Gasteiger partial charge in [0.05, 0.1) is 25.3 Å². The molecule has 0 unspecified atom stereocenters. The van der Waals surface area contributed by atoms with Crippen molar-refractivity contribution in [3.05, 3.63) is 48.5 Å². The quantitative estimate of drug-likeness (QED) is 0.661. The molecule has 0 atom stereocenters. The van der Waals surface area contributed by atoms with Crippen LogP contribution in [0, 0.1) is 11.3 Å². The van der Waals surface area contributed by atoms with Crippen LogP contribution in [0.15, 0.2) is 48.5 Å². The molecule has 2 aromatic carbocycles. The minimum atomic E-state index is -0.366. The molecule has 0 saturated heterocycles. The molecule has 2 aromatic rings. The maximum atomic E-state index is 12.7. The summed E-state index contributed by atoms with van der Waals surface area (Å²) in [5, 5.41) is 14.2. The fraction of sp³-hybridized carbons (Fsp3) is 0.273. The number of nitrogens with zero attached hydrogens (tertiary/aromatic N) is 2. The van der Waals surface area contributed by atoms with Crippen molar-refractivity contribution in [1.29, 1.82) is 5.26 Å². The third-order valence-electron chi connectivity index (χ3n) is 4.18. The van der Waals surface area contributed by atoms with Gasteiger partial charge in [0.1, 0.15) is 5.75 Å². The SMILES string of the molecule is COc1ccc(NC(C)=O)cc1NC(=O)CCC(=O)N(CCC#N)c1ccccc1. The van der Waals surface area contributed by atoms with Gasteiger partial charge in [0.2, 0.25) is 17.7 Å². The highest BCUT2D eigenvalue weighted by Gasteiger charge is 2.17. The van der Waals surface area contributed by atoms with Gasteiger partial charge in [-0.05, 0) is 30.3 Å². The predicted octanol–water partition coefficient (Wildman–Crippen LogP) is 3.32. The van der Waals surface area contributed by atoms with Gasteiger partial charge in [0.25, 0.3) is 0 Å². The van der Waals surface area contributed by atoms with Gasteiger partial charge in [0.15, 0.2) is 0 Å². The lowest BCUT2D eigenvalue weighted by atomic mass is 10.2. The van der Waals surface area contributed by atoms with Crippen molar-refractivity contribution in [2.24, 2.45) is 0 Å². The van der Waals surface area contributed by atoms with E-state index in [9.17, 15) is 14.4 Å². The van der Waals surface area contributed by atoms with Gasteiger partial charge in [-0.3, -0.25) is 14.4 Å². The number of carbonyl (C=O) groups is 3. The topological polar surface area (TPSA) is 112 Å². The van der Waals surface area contributed by atoms with Crippen LogP contribution in [0.4, 0.5) is 17.1 Å². The molecule has 0 aliphatic carbocycles. The summed E-state index contributed by atoms with van der Waals surface area (Å²) in [4.78, 5) is 37.8. The smallest absolute Gasteiger partial charge is 0.227 e. The van der Waals surface area contributed by atoms with Crippen LogP contribution < -0.4 is 20.3 Å². The molecule has 2 rings (SSSR count). The number of nitrogens with one attached hydrogen (secondary N) is 2. The number of amides is 3. The highest BCUT2D eigenvalue weighted by atomic mass is 16.5. The number of benzene rings is 2. The molecular weight excluding hydrogens is 384 g/mol. The van der Waals surface area contributed by atoms with Crippen LogP contribution in [0.2, 0.25) is 0 Å². The molecule has 0 radical (unpaired) electrons. The number of methoxy groups -OCH3 is 1. The van der Waals surface area contributed by atoms with E-state index < -0.39 is 0 Å². The van der Waals surface area contributed by atoms with Crippen molar-refractivity contribution in [3.63, 3.8) is 0 Å². The van der Waals surface area contributed by atoms with Crippen molar-refractivity contribution in [3.8, 4) is 11.8 Å².